The normalized spacial score (nSPS) is 15.0. The van der Waals surface area contributed by atoms with E-state index in [0.717, 1.165) is 33.7 Å². The molecule has 0 radical (unpaired) electrons. The molecule has 0 saturated heterocycles. The van der Waals surface area contributed by atoms with Gasteiger partial charge in [-0.3, -0.25) is 0 Å². The summed E-state index contributed by atoms with van der Waals surface area (Å²) in [5.74, 6) is 0. The Morgan fingerprint density at radius 2 is 1.90 bits per heavy atom. The first-order valence-electron chi connectivity index (χ1n) is 9.46. The average molecular weight is 444 g/mol. The van der Waals surface area contributed by atoms with Crippen molar-refractivity contribution < 1.29 is 9.67 Å². The van der Waals surface area contributed by atoms with E-state index in [1.165, 1.54) is 9.92 Å². The van der Waals surface area contributed by atoms with Crippen LogP contribution in [0.15, 0.2) is 70.7 Å². The summed E-state index contributed by atoms with van der Waals surface area (Å²) in [6, 6.07) is 14.0. The minimum absolute atomic E-state index is 0.0855. The van der Waals surface area contributed by atoms with Gasteiger partial charge < -0.3 is 10.0 Å². The van der Waals surface area contributed by atoms with E-state index in [2.05, 4.69) is 42.2 Å². The summed E-state index contributed by atoms with van der Waals surface area (Å²) < 4.78 is 2.02. The van der Waals surface area contributed by atoms with Crippen molar-refractivity contribution in [2.45, 2.75) is 18.4 Å². The maximum Gasteiger partial charge on any atom is 0.214 e. The number of halogens is 2. The smallest absolute Gasteiger partial charge is 0.214 e. The minimum Gasteiger partial charge on any atom is -0.390 e. The Bertz CT molecular complexity index is 1130. The van der Waals surface area contributed by atoms with E-state index in [0.29, 0.717) is 11.6 Å². The fourth-order valence-corrected chi connectivity index (χ4v) is 4.99. The second-order valence-electron chi connectivity index (χ2n) is 6.67. The Balaban J connectivity index is 1.66. The standard InChI is InChI=1S/C23H21Cl2N2OS/c1-2-27-21-15-18(25)7-9-22(21)29-23(27)5-3-4-16-10-11-26(12-13-28)20-14-17(24)6-8-19(16)20/h3-11,14-15,28H,2,12-13H2,1H3/q+1. The van der Waals surface area contributed by atoms with Crippen LogP contribution in [0.2, 0.25) is 10.0 Å². The second-order valence-corrected chi connectivity index (χ2v) is 8.61. The largest absolute Gasteiger partial charge is 0.390 e. The molecule has 0 amide bonds. The molecule has 2 heterocycles. The lowest BCUT2D eigenvalue weighted by Gasteiger charge is -2.17. The van der Waals surface area contributed by atoms with Crippen LogP contribution < -0.4 is 9.47 Å². The summed E-state index contributed by atoms with van der Waals surface area (Å²) in [7, 11) is 0. The molecule has 0 fully saturated rings. The molecule has 0 spiro atoms. The molecular formula is C23H21Cl2N2OS+. The topological polar surface area (TPSA) is 27.4 Å². The number of fused-ring (bicyclic) bond motifs is 2. The Morgan fingerprint density at radius 1 is 1.10 bits per heavy atom. The highest BCUT2D eigenvalue weighted by Crippen LogP contribution is 2.46. The molecule has 0 aliphatic carbocycles. The van der Waals surface area contributed by atoms with Crippen LogP contribution in [0.3, 0.4) is 0 Å². The van der Waals surface area contributed by atoms with Crippen molar-refractivity contribution in [2.75, 3.05) is 18.1 Å². The molecule has 4 rings (SSSR count). The summed E-state index contributed by atoms with van der Waals surface area (Å²) in [4.78, 5) is 3.50. The zero-order valence-electron chi connectivity index (χ0n) is 16.0. The molecule has 3 nitrogen and oxygen atoms in total. The van der Waals surface area contributed by atoms with Gasteiger partial charge in [-0.05, 0) is 48.9 Å². The number of aliphatic hydroxyl groups excluding tert-OH is 1. The van der Waals surface area contributed by atoms with Crippen molar-refractivity contribution in [3.63, 3.8) is 0 Å². The Hall–Kier alpha value is -1.98. The molecular weight excluding hydrogens is 423 g/mol. The molecule has 0 saturated carbocycles. The predicted molar refractivity (Wildman–Crippen MR) is 124 cm³/mol. The number of aliphatic hydroxyl groups is 1. The van der Waals surface area contributed by atoms with E-state index in [4.69, 9.17) is 23.2 Å². The van der Waals surface area contributed by atoms with Crippen molar-refractivity contribution >= 4 is 57.6 Å². The van der Waals surface area contributed by atoms with Crippen molar-refractivity contribution in [1.29, 1.82) is 0 Å². The van der Waals surface area contributed by atoms with Gasteiger partial charge >= 0.3 is 0 Å². The summed E-state index contributed by atoms with van der Waals surface area (Å²) in [5.41, 5.74) is 3.28. The first-order valence-corrected chi connectivity index (χ1v) is 11.0. The summed E-state index contributed by atoms with van der Waals surface area (Å²) >= 11 is 14.1. The van der Waals surface area contributed by atoms with Crippen LogP contribution in [-0.2, 0) is 6.54 Å². The zero-order chi connectivity index (χ0) is 20.4. The maximum atomic E-state index is 9.33. The number of aromatic nitrogens is 1. The van der Waals surface area contributed by atoms with Gasteiger partial charge in [-0.25, -0.2) is 0 Å². The van der Waals surface area contributed by atoms with Gasteiger partial charge in [0.05, 0.1) is 16.1 Å². The van der Waals surface area contributed by atoms with E-state index in [-0.39, 0.29) is 6.61 Å². The predicted octanol–water partition coefficient (Wildman–Crippen LogP) is 5.91. The lowest BCUT2D eigenvalue weighted by molar-refractivity contribution is -0.672. The molecule has 1 N–H and O–H groups in total. The first-order chi connectivity index (χ1) is 14.1. The number of benzene rings is 2. The average Bonchev–Trinajstić information content (AvgIpc) is 3.06. The monoisotopic (exact) mass is 443 g/mol. The van der Waals surface area contributed by atoms with Gasteiger partial charge in [-0.2, -0.15) is 4.57 Å². The molecule has 0 atom stereocenters. The molecule has 2 aromatic carbocycles. The van der Waals surface area contributed by atoms with E-state index < -0.39 is 0 Å². The van der Waals surface area contributed by atoms with Gasteiger partial charge in [-0.15, -0.1) is 0 Å². The van der Waals surface area contributed by atoms with Crippen molar-refractivity contribution in [2.24, 2.45) is 0 Å². The molecule has 29 heavy (non-hydrogen) atoms. The minimum atomic E-state index is 0.0855. The first kappa shape index (κ1) is 20.3. The quantitative estimate of drug-likeness (QED) is 0.496. The van der Waals surface area contributed by atoms with Crippen molar-refractivity contribution in [1.82, 2.24) is 0 Å². The third-order valence-electron chi connectivity index (χ3n) is 4.88. The molecule has 0 unspecified atom stereocenters. The van der Waals surface area contributed by atoms with Crippen LogP contribution in [-0.4, -0.2) is 18.3 Å². The maximum absolute atomic E-state index is 9.33. The molecule has 1 aliphatic rings. The van der Waals surface area contributed by atoms with Gasteiger partial charge in [0.15, 0.2) is 12.7 Å². The highest BCUT2D eigenvalue weighted by atomic mass is 35.5. The van der Waals surface area contributed by atoms with Crippen molar-refractivity contribution in [3.05, 3.63) is 81.5 Å². The molecule has 3 aromatic rings. The van der Waals surface area contributed by atoms with Gasteiger partial charge in [0.25, 0.3) is 0 Å². The number of hydrogen-bond acceptors (Lipinski definition) is 3. The van der Waals surface area contributed by atoms with E-state index in [9.17, 15) is 5.11 Å². The fourth-order valence-electron chi connectivity index (χ4n) is 3.53. The summed E-state index contributed by atoms with van der Waals surface area (Å²) in [6.45, 7) is 3.65. The summed E-state index contributed by atoms with van der Waals surface area (Å²) in [6.07, 6.45) is 8.32. The molecule has 6 heteroatoms. The number of allylic oxidation sites excluding steroid dienone is 2. The van der Waals surface area contributed by atoms with Gasteiger partial charge in [0, 0.05) is 33.6 Å². The molecule has 1 aromatic heterocycles. The molecule has 1 aliphatic heterocycles. The van der Waals surface area contributed by atoms with Gasteiger partial charge in [0.2, 0.25) is 5.52 Å². The SMILES string of the molecule is CCN1/C(=C/C=C/c2cc[n+](CCO)c3cc(Cl)ccc23)Sc2ccc(Cl)cc21. The van der Waals surface area contributed by atoms with Gasteiger partial charge in [0.1, 0.15) is 6.61 Å². The third-order valence-corrected chi connectivity index (χ3v) is 6.48. The van der Waals surface area contributed by atoms with E-state index in [1.807, 2.05) is 41.1 Å². The summed E-state index contributed by atoms with van der Waals surface area (Å²) in [5, 5.41) is 13.0. The number of hydrogen-bond donors (Lipinski definition) is 1. The van der Waals surface area contributed by atoms with E-state index in [1.54, 1.807) is 11.8 Å². The van der Waals surface area contributed by atoms with E-state index >= 15 is 0 Å². The Kier molecular flexibility index (Phi) is 6.16. The number of thioether (sulfide) groups is 1. The van der Waals surface area contributed by atoms with Crippen LogP contribution in [0.4, 0.5) is 5.69 Å². The van der Waals surface area contributed by atoms with Crippen LogP contribution in [0.5, 0.6) is 0 Å². The number of pyridine rings is 1. The lowest BCUT2D eigenvalue weighted by atomic mass is 10.1. The highest BCUT2D eigenvalue weighted by molar-refractivity contribution is 8.03. The highest BCUT2D eigenvalue weighted by Gasteiger charge is 2.23. The van der Waals surface area contributed by atoms with Gasteiger partial charge in [-0.1, -0.05) is 47.1 Å². The zero-order valence-corrected chi connectivity index (χ0v) is 18.3. The Labute approximate surface area is 184 Å². The molecule has 148 valence electrons. The van der Waals surface area contributed by atoms with Crippen LogP contribution in [0.1, 0.15) is 12.5 Å². The Morgan fingerprint density at radius 3 is 2.69 bits per heavy atom. The number of anilines is 1. The molecule has 0 bridgehead atoms. The fraction of sp³-hybridized carbons (Fsp3) is 0.174. The van der Waals surface area contributed by atoms with Crippen LogP contribution in [0, 0.1) is 0 Å². The van der Waals surface area contributed by atoms with Crippen LogP contribution >= 0.6 is 35.0 Å². The van der Waals surface area contributed by atoms with Crippen LogP contribution in [0.25, 0.3) is 17.0 Å². The van der Waals surface area contributed by atoms with Crippen molar-refractivity contribution in [3.8, 4) is 0 Å². The number of rotatable bonds is 5. The lowest BCUT2D eigenvalue weighted by Crippen LogP contribution is -2.36. The number of nitrogens with zero attached hydrogens (tertiary/aromatic N) is 2. The third kappa shape index (κ3) is 4.17. The second kappa shape index (κ2) is 8.80.